The highest BCUT2D eigenvalue weighted by molar-refractivity contribution is 7.92. The molecule has 2 atom stereocenters. The third-order valence-electron chi connectivity index (χ3n) is 4.74. The summed E-state index contributed by atoms with van der Waals surface area (Å²) >= 11 is 0. The second kappa shape index (κ2) is 8.21. The van der Waals surface area contributed by atoms with E-state index in [-0.39, 0.29) is 28.9 Å². The molecule has 1 aliphatic carbocycles. The first-order valence-electron chi connectivity index (χ1n) is 8.81. The summed E-state index contributed by atoms with van der Waals surface area (Å²) in [6, 6.07) is 19.1. The van der Waals surface area contributed by atoms with E-state index in [4.69, 9.17) is 11.0 Å². The van der Waals surface area contributed by atoms with Crippen LogP contribution in [0.2, 0.25) is 0 Å². The third kappa shape index (κ3) is 4.57. The molecule has 1 aromatic heterocycles. The Morgan fingerprint density at radius 1 is 1.10 bits per heavy atom. The lowest BCUT2D eigenvalue weighted by Gasteiger charge is -2.10. The van der Waals surface area contributed by atoms with E-state index in [1.165, 1.54) is 12.1 Å². The zero-order chi connectivity index (χ0) is 19.7. The standard InChI is InChI=1S/C21H18N4O2S.ClH/c22-12-14-3-1-6-18(9-14)28(26,27)25-17-5-2-4-15(10-17)21-8-7-16(13-24-21)19-11-20(19)23;/h1-10,13,19-20,25H,11,23H2;1H/t19-,20+;/m1./s1. The van der Waals surface area contributed by atoms with Crippen LogP contribution in [0.5, 0.6) is 0 Å². The molecule has 0 saturated heterocycles. The number of nitrogens with two attached hydrogens (primary N) is 1. The molecule has 1 aliphatic rings. The van der Waals surface area contributed by atoms with Crippen LogP contribution in [-0.2, 0) is 10.0 Å². The summed E-state index contributed by atoms with van der Waals surface area (Å²) in [6.45, 7) is 0. The summed E-state index contributed by atoms with van der Waals surface area (Å²) in [6.07, 6.45) is 2.82. The lowest BCUT2D eigenvalue weighted by molar-refractivity contribution is 0.601. The van der Waals surface area contributed by atoms with Crippen LogP contribution in [0.4, 0.5) is 5.69 Å². The van der Waals surface area contributed by atoms with Crippen molar-refractivity contribution in [2.75, 3.05) is 4.72 Å². The molecule has 8 heteroatoms. The van der Waals surface area contributed by atoms with Crippen molar-refractivity contribution in [1.82, 2.24) is 4.98 Å². The number of anilines is 1. The Hall–Kier alpha value is -2.92. The average Bonchev–Trinajstić information content (AvgIpc) is 3.44. The minimum absolute atomic E-state index is 0. The lowest BCUT2D eigenvalue weighted by Crippen LogP contribution is -2.13. The number of hydrogen-bond donors (Lipinski definition) is 2. The highest BCUT2D eigenvalue weighted by Crippen LogP contribution is 2.39. The zero-order valence-electron chi connectivity index (χ0n) is 15.3. The van der Waals surface area contributed by atoms with Gasteiger partial charge in [0.25, 0.3) is 10.0 Å². The molecule has 2 aromatic carbocycles. The minimum Gasteiger partial charge on any atom is -0.327 e. The van der Waals surface area contributed by atoms with Gasteiger partial charge >= 0.3 is 0 Å². The number of nitrogens with zero attached hydrogens (tertiary/aromatic N) is 2. The number of sulfonamides is 1. The van der Waals surface area contributed by atoms with E-state index in [0.29, 0.717) is 11.6 Å². The fraction of sp³-hybridized carbons (Fsp3) is 0.143. The summed E-state index contributed by atoms with van der Waals surface area (Å²) in [5.74, 6) is 0.392. The summed E-state index contributed by atoms with van der Waals surface area (Å²) in [7, 11) is -3.80. The molecule has 0 aliphatic heterocycles. The van der Waals surface area contributed by atoms with Gasteiger partial charge in [0.15, 0.2) is 0 Å². The van der Waals surface area contributed by atoms with E-state index in [2.05, 4.69) is 9.71 Å². The van der Waals surface area contributed by atoms with Gasteiger partial charge in [-0.15, -0.1) is 12.4 Å². The number of nitriles is 1. The van der Waals surface area contributed by atoms with Crippen molar-refractivity contribution in [2.24, 2.45) is 5.73 Å². The van der Waals surface area contributed by atoms with E-state index in [0.717, 1.165) is 23.2 Å². The quantitative estimate of drug-likeness (QED) is 0.647. The van der Waals surface area contributed by atoms with E-state index < -0.39 is 10.0 Å². The Labute approximate surface area is 175 Å². The molecule has 1 saturated carbocycles. The molecule has 148 valence electrons. The molecule has 0 unspecified atom stereocenters. The maximum Gasteiger partial charge on any atom is 0.261 e. The van der Waals surface area contributed by atoms with Crippen LogP contribution in [0.25, 0.3) is 11.3 Å². The van der Waals surface area contributed by atoms with Crippen molar-refractivity contribution in [3.8, 4) is 17.3 Å². The van der Waals surface area contributed by atoms with Crippen LogP contribution in [0, 0.1) is 11.3 Å². The fourth-order valence-electron chi connectivity index (χ4n) is 3.08. The Morgan fingerprint density at radius 2 is 1.86 bits per heavy atom. The van der Waals surface area contributed by atoms with E-state index >= 15 is 0 Å². The number of hydrogen-bond acceptors (Lipinski definition) is 5. The molecule has 0 bridgehead atoms. The van der Waals surface area contributed by atoms with E-state index in [9.17, 15) is 8.42 Å². The van der Waals surface area contributed by atoms with E-state index in [1.807, 2.05) is 30.5 Å². The van der Waals surface area contributed by atoms with Crippen molar-refractivity contribution in [3.05, 3.63) is 78.0 Å². The van der Waals surface area contributed by atoms with Gasteiger partial charge < -0.3 is 5.73 Å². The van der Waals surface area contributed by atoms with Crippen LogP contribution in [-0.4, -0.2) is 19.4 Å². The molecule has 3 N–H and O–H groups in total. The van der Waals surface area contributed by atoms with Crippen LogP contribution in [0.15, 0.2) is 71.8 Å². The molecular formula is C21H19ClN4O2S. The monoisotopic (exact) mass is 426 g/mol. The van der Waals surface area contributed by atoms with Crippen LogP contribution in [0.1, 0.15) is 23.5 Å². The SMILES string of the molecule is Cl.N#Cc1cccc(S(=O)(=O)Nc2cccc(-c3ccc([C@H]4C[C@@H]4N)cn3)c2)c1. The third-order valence-corrected chi connectivity index (χ3v) is 6.12. The molecule has 0 amide bonds. The maximum atomic E-state index is 12.6. The largest absolute Gasteiger partial charge is 0.327 e. The van der Waals surface area contributed by atoms with Gasteiger partial charge in [-0.3, -0.25) is 9.71 Å². The minimum atomic E-state index is -3.80. The topological polar surface area (TPSA) is 109 Å². The van der Waals surface area contributed by atoms with E-state index in [1.54, 1.807) is 30.3 Å². The van der Waals surface area contributed by atoms with Crippen molar-refractivity contribution in [1.29, 1.82) is 5.26 Å². The maximum absolute atomic E-state index is 12.6. The van der Waals surface area contributed by atoms with Crippen LogP contribution >= 0.6 is 12.4 Å². The molecule has 3 aromatic rings. The molecule has 6 nitrogen and oxygen atoms in total. The second-order valence-corrected chi connectivity index (χ2v) is 8.49. The summed E-state index contributed by atoms with van der Waals surface area (Å²) < 4.78 is 27.8. The predicted octanol–water partition coefficient (Wildman–Crippen LogP) is 3.66. The fourth-order valence-corrected chi connectivity index (χ4v) is 4.18. The first-order valence-corrected chi connectivity index (χ1v) is 10.3. The van der Waals surface area contributed by atoms with Gasteiger partial charge in [-0.05, 0) is 48.4 Å². The molecule has 0 spiro atoms. The Balaban J connectivity index is 0.00000240. The smallest absolute Gasteiger partial charge is 0.261 e. The molecular weight excluding hydrogens is 408 g/mol. The van der Waals surface area contributed by atoms with Crippen molar-refractivity contribution in [2.45, 2.75) is 23.3 Å². The summed E-state index contributed by atoms with van der Waals surface area (Å²) in [5.41, 5.74) is 9.28. The molecule has 1 fully saturated rings. The van der Waals surface area contributed by atoms with Crippen molar-refractivity contribution >= 4 is 28.1 Å². The first kappa shape index (κ1) is 20.8. The normalized spacial score (nSPS) is 17.7. The van der Waals surface area contributed by atoms with Gasteiger partial charge in [0.2, 0.25) is 0 Å². The number of nitrogens with one attached hydrogen (secondary N) is 1. The lowest BCUT2D eigenvalue weighted by atomic mass is 10.1. The highest BCUT2D eigenvalue weighted by Gasteiger charge is 2.34. The summed E-state index contributed by atoms with van der Waals surface area (Å²) in [4.78, 5) is 4.54. The zero-order valence-corrected chi connectivity index (χ0v) is 17.0. The molecule has 1 heterocycles. The number of benzene rings is 2. The second-order valence-electron chi connectivity index (χ2n) is 6.81. The number of pyridine rings is 1. The van der Waals surface area contributed by atoms with Crippen molar-refractivity contribution < 1.29 is 8.42 Å². The molecule has 29 heavy (non-hydrogen) atoms. The first-order chi connectivity index (χ1) is 13.5. The number of halogens is 1. The van der Waals surface area contributed by atoms with Gasteiger partial charge in [0, 0.05) is 29.4 Å². The number of aromatic nitrogens is 1. The molecule has 0 radical (unpaired) electrons. The van der Waals surface area contributed by atoms with Gasteiger partial charge in [-0.1, -0.05) is 24.3 Å². The Morgan fingerprint density at radius 3 is 2.52 bits per heavy atom. The predicted molar refractivity (Wildman–Crippen MR) is 114 cm³/mol. The van der Waals surface area contributed by atoms with Gasteiger partial charge in [0.05, 0.1) is 22.2 Å². The highest BCUT2D eigenvalue weighted by atomic mass is 35.5. The average molecular weight is 427 g/mol. The van der Waals surface area contributed by atoms with Gasteiger partial charge in [0.1, 0.15) is 0 Å². The Bertz CT molecular complexity index is 1170. The van der Waals surface area contributed by atoms with Crippen molar-refractivity contribution in [3.63, 3.8) is 0 Å². The number of rotatable bonds is 5. The van der Waals surface area contributed by atoms with Gasteiger partial charge in [-0.25, -0.2) is 8.42 Å². The summed E-state index contributed by atoms with van der Waals surface area (Å²) in [5, 5.41) is 8.97. The van der Waals surface area contributed by atoms with Crippen LogP contribution < -0.4 is 10.5 Å². The Kier molecular flexibility index (Phi) is 5.89. The molecule has 4 rings (SSSR count). The van der Waals surface area contributed by atoms with Crippen LogP contribution in [0.3, 0.4) is 0 Å². The van der Waals surface area contributed by atoms with Gasteiger partial charge in [-0.2, -0.15) is 5.26 Å².